The monoisotopic (exact) mass is 418 g/mol. The molecule has 1 saturated heterocycles. The van der Waals surface area contributed by atoms with Gasteiger partial charge in [-0.2, -0.15) is 0 Å². The van der Waals surface area contributed by atoms with Crippen molar-refractivity contribution in [3.05, 3.63) is 58.6 Å². The molecule has 2 aromatic carbocycles. The highest BCUT2D eigenvalue weighted by Crippen LogP contribution is 2.27. The van der Waals surface area contributed by atoms with Crippen LogP contribution in [-0.4, -0.2) is 27.4 Å². The van der Waals surface area contributed by atoms with Crippen molar-refractivity contribution in [1.29, 1.82) is 0 Å². The van der Waals surface area contributed by atoms with E-state index in [9.17, 15) is 13.2 Å². The van der Waals surface area contributed by atoms with Gasteiger partial charge in [0.1, 0.15) is 0 Å². The summed E-state index contributed by atoms with van der Waals surface area (Å²) >= 11 is 5.91. The average molecular weight is 419 g/mol. The van der Waals surface area contributed by atoms with Crippen molar-refractivity contribution in [2.75, 3.05) is 18.0 Å². The Morgan fingerprint density at radius 1 is 1.04 bits per heavy atom. The molecule has 0 saturated carbocycles. The molecule has 1 amide bonds. The Balaban J connectivity index is 1.41. The number of benzene rings is 2. The number of sulfonamides is 1. The van der Waals surface area contributed by atoms with Crippen molar-refractivity contribution >= 4 is 33.2 Å². The first-order valence-corrected chi connectivity index (χ1v) is 11.5. The molecule has 148 valence electrons. The van der Waals surface area contributed by atoms with Gasteiger partial charge in [-0.25, -0.2) is 13.1 Å². The minimum absolute atomic E-state index is 0.000279. The van der Waals surface area contributed by atoms with E-state index in [1.54, 1.807) is 41.3 Å². The van der Waals surface area contributed by atoms with Crippen molar-refractivity contribution < 1.29 is 13.2 Å². The summed E-state index contributed by atoms with van der Waals surface area (Å²) in [5.41, 5.74) is 3.18. The number of halogens is 1. The Hall–Kier alpha value is -1.89. The van der Waals surface area contributed by atoms with Gasteiger partial charge in [0.2, 0.25) is 15.9 Å². The van der Waals surface area contributed by atoms with Crippen molar-refractivity contribution in [2.45, 2.75) is 37.0 Å². The van der Waals surface area contributed by atoms with E-state index in [-0.39, 0.29) is 18.4 Å². The first-order chi connectivity index (χ1) is 13.4. The van der Waals surface area contributed by atoms with Crippen LogP contribution in [0.3, 0.4) is 0 Å². The highest BCUT2D eigenvalue weighted by molar-refractivity contribution is 7.89. The van der Waals surface area contributed by atoms with Crippen molar-refractivity contribution in [1.82, 2.24) is 4.72 Å². The lowest BCUT2D eigenvalue weighted by molar-refractivity contribution is -0.117. The van der Waals surface area contributed by atoms with Crippen LogP contribution in [0.5, 0.6) is 0 Å². The van der Waals surface area contributed by atoms with Crippen LogP contribution in [0.4, 0.5) is 5.69 Å². The Kier molecular flexibility index (Phi) is 5.45. The molecule has 1 aliphatic heterocycles. The third-order valence-corrected chi connectivity index (χ3v) is 7.21. The highest BCUT2D eigenvalue weighted by Gasteiger charge is 2.31. The third kappa shape index (κ3) is 4.09. The van der Waals surface area contributed by atoms with Crippen molar-refractivity contribution in [2.24, 2.45) is 5.92 Å². The van der Waals surface area contributed by atoms with Crippen LogP contribution in [0.1, 0.15) is 30.4 Å². The van der Waals surface area contributed by atoms with Crippen LogP contribution in [0.25, 0.3) is 0 Å². The van der Waals surface area contributed by atoms with E-state index < -0.39 is 10.0 Å². The van der Waals surface area contributed by atoms with Crippen LogP contribution in [-0.2, 0) is 27.7 Å². The van der Waals surface area contributed by atoms with E-state index in [2.05, 4.69) is 4.72 Å². The zero-order valence-corrected chi connectivity index (χ0v) is 17.1. The molecule has 4 rings (SSSR count). The van der Waals surface area contributed by atoms with Crippen molar-refractivity contribution in [3.63, 3.8) is 0 Å². The highest BCUT2D eigenvalue weighted by atomic mass is 35.5. The molecule has 1 atom stereocenters. The molecular weight excluding hydrogens is 396 g/mol. The molecule has 2 aromatic rings. The number of carbonyl (C=O) groups excluding carboxylic acids is 1. The number of amides is 1. The summed E-state index contributed by atoms with van der Waals surface area (Å²) in [6.07, 6.45) is 4.56. The minimum atomic E-state index is -3.58. The molecule has 1 fully saturated rings. The second-order valence-electron chi connectivity index (χ2n) is 7.54. The number of rotatable bonds is 5. The van der Waals surface area contributed by atoms with Crippen LogP contribution < -0.4 is 9.62 Å². The number of nitrogens with zero attached hydrogens (tertiary/aromatic N) is 1. The number of aryl methyl sites for hydroxylation is 2. The summed E-state index contributed by atoms with van der Waals surface area (Å²) in [5, 5.41) is 0.616. The van der Waals surface area contributed by atoms with Gasteiger partial charge in [0.05, 0.1) is 4.90 Å². The van der Waals surface area contributed by atoms with Crippen LogP contribution in [0.2, 0.25) is 5.02 Å². The fraction of sp³-hybridized carbons (Fsp3) is 0.381. The maximum atomic E-state index is 12.7. The smallest absolute Gasteiger partial charge is 0.240 e. The number of hydrogen-bond donors (Lipinski definition) is 1. The van der Waals surface area contributed by atoms with Crippen LogP contribution in [0.15, 0.2) is 47.4 Å². The molecule has 1 heterocycles. The van der Waals surface area contributed by atoms with Crippen LogP contribution in [0, 0.1) is 5.92 Å². The summed E-state index contributed by atoms with van der Waals surface area (Å²) < 4.78 is 28.1. The molecule has 0 bridgehead atoms. The molecule has 0 aromatic heterocycles. The lowest BCUT2D eigenvalue weighted by Crippen LogP contribution is -2.31. The first-order valence-electron chi connectivity index (χ1n) is 9.60. The van der Waals surface area contributed by atoms with Gasteiger partial charge in [0.25, 0.3) is 0 Å². The largest absolute Gasteiger partial charge is 0.312 e. The number of hydrogen-bond acceptors (Lipinski definition) is 3. The summed E-state index contributed by atoms with van der Waals surface area (Å²) in [4.78, 5) is 14.3. The number of carbonyl (C=O) groups is 1. The average Bonchev–Trinajstić information content (AvgIpc) is 3.07. The Morgan fingerprint density at radius 2 is 1.75 bits per heavy atom. The normalized spacial score (nSPS) is 19.7. The second-order valence-corrected chi connectivity index (χ2v) is 9.74. The molecule has 28 heavy (non-hydrogen) atoms. The van der Waals surface area contributed by atoms with Gasteiger partial charge in [-0.1, -0.05) is 17.7 Å². The maximum Gasteiger partial charge on any atom is 0.240 e. The predicted octanol–water partition coefficient (Wildman–Crippen LogP) is 3.55. The fourth-order valence-electron chi connectivity index (χ4n) is 3.98. The predicted molar refractivity (Wildman–Crippen MR) is 110 cm³/mol. The molecule has 0 spiro atoms. The van der Waals surface area contributed by atoms with Gasteiger partial charge < -0.3 is 4.90 Å². The second kappa shape index (κ2) is 7.85. The SMILES string of the molecule is O=C1C[C@H](CNS(=O)(=O)c2ccc3c(c2)CCCC3)CN1c1ccc(Cl)cc1. The molecule has 7 heteroatoms. The molecule has 0 radical (unpaired) electrons. The zero-order chi connectivity index (χ0) is 19.7. The van der Waals surface area contributed by atoms with E-state index >= 15 is 0 Å². The molecule has 5 nitrogen and oxygen atoms in total. The van der Waals surface area contributed by atoms with E-state index in [1.807, 2.05) is 6.07 Å². The molecule has 1 aliphatic carbocycles. The number of nitrogens with one attached hydrogen (secondary N) is 1. The number of fused-ring (bicyclic) bond motifs is 1. The lowest BCUT2D eigenvalue weighted by atomic mass is 9.92. The third-order valence-electron chi connectivity index (χ3n) is 5.54. The van der Waals surface area contributed by atoms with E-state index in [0.717, 1.165) is 36.9 Å². The summed E-state index contributed by atoms with van der Waals surface area (Å²) in [5.74, 6) is -0.0594. The van der Waals surface area contributed by atoms with E-state index in [1.165, 1.54) is 5.56 Å². The molecule has 2 aliphatic rings. The Morgan fingerprint density at radius 3 is 2.50 bits per heavy atom. The van der Waals surface area contributed by atoms with E-state index in [4.69, 9.17) is 11.6 Å². The van der Waals surface area contributed by atoms with E-state index in [0.29, 0.717) is 22.9 Å². The zero-order valence-electron chi connectivity index (χ0n) is 15.5. The van der Waals surface area contributed by atoms with Gasteiger partial charge in [-0.3, -0.25) is 4.79 Å². The summed E-state index contributed by atoms with van der Waals surface area (Å²) in [6.45, 7) is 0.739. The van der Waals surface area contributed by atoms with Gasteiger partial charge >= 0.3 is 0 Å². The fourth-order valence-corrected chi connectivity index (χ4v) is 5.27. The maximum absolute atomic E-state index is 12.7. The van der Waals surface area contributed by atoms with Gasteiger partial charge in [0.15, 0.2) is 0 Å². The lowest BCUT2D eigenvalue weighted by Gasteiger charge is -2.18. The summed E-state index contributed by atoms with van der Waals surface area (Å²) in [6, 6.07) is 12.5. The Labute approximate surface area is 170 Å². The Bertz CT molecular complexity index is 989. The minimum Gasteiger partial charge on any atom is -0.312 e. The standard InChI is InChI=1S/C21H23ClN2O3S/c22-18-6-8-19(9-7-18)24-14-15(11-21(24)25)13-23-28(26,27)20-10-5-16-3-1-2-4-17(16)12-20/h5-10,12,15,23H,1-4,11,13-14H2/t15-/m1/s1. The topological polar surface area (TPSA) is 66.5 Å². The molecule has 1 N–H and O–H groups in total. The van der Waals surface area contributed by atoms with Gasteiger partial charge in [-0.15, -0.1) is 0 Å². The van der Waals surface area contributed by atoms with Gasteiger partial charge in [-0.05, 0) is 79.1 Å². The summed E-state index contributed by atoms with van der Waals surface area (Å²) in [7, 11) is -3.58. The quantitative estimate of drug-likeness (QED) is 0.807. The van der Waals surface area contributed by atoms with Crippen molar-refractivity contribution in [3.8, 4) is 0 Å². The molecular formula is C21H23ClN2O3S. The van der Waals surface area contributed by atoms with Gasteiger partial charge in [0, 0.05) is 30.2 Å². The van der Waals surface area contributed by atoms with Crippen LogP contribution >= 0.6 is 11.6 Å². The first kappa shape index (κ1) is 19.4. The molecule has 0 unspecified atom stereocenters. The number of anilines is 1.